The SMILES string of the molecule is Cc1c(N)cccc1NC(=O)CCN(C)CCS(C)(=O)=O. The molecule has 0 radical (unpaired) electrons. The monoisotopic (exact) mass is 313 g/mol. The van der Waals surface area contributed by atoms with Crippen molar-refractivity contribution in [2.24, 2.45) is 0 Å². The smallest absolute Gasteiger partial charge is 0.225 e. The lowest BCUT2D eigenvalue weighted by molar-refractivity contribution is -0.116. The standard InChI is InChI=1S/C14H23N3O3S/c1-11-12(15)5-4-6-13(11)16-14(18)7-8-17(2)9-10-21(3,19)20/h4-6H,7-10,15H2,1-3H3,(H,16,18). The predicted molar refractivity (Wildman–Crippen MR) is 86.0 cm³/mol. The van der Waals surface area contributed by atoms with Crippen LogP contribution in [0.2, 0.25) is 0 Å². The Labute approximate surface area is 126 Å². The molecule has 1 amide bonds. The first-order chi connectivity index (χ1) is 9.69. The third-order valence-corrected chi connectivity index (χ3v) is 4.14. The molecule has 6 nitrogen and oxygen atoms in total. The molecule has 0 saturated heterocycles. The fourth-order valence-electron chi connectivity index (χ4n) is 1.73. The maximum atomic E-state index is 11.9. The van der Waals surface area contributed by atoms with Gasteiger partial charge in [0.05, 0.1) is 5.75 Å². The molecule has 3 N–H and O–H groups in total. The van der Waals surface area contributed by atoms with Gasteiger partial charge in [0.25, 0.3) is 0 Å². The number of hydrogen-bond donors (Lipinski definition) is 2. The highest BCUT2D eigenvalue weighted by molar-refractivity contribution is 7.90. The van der Waals surface area contributed by atoms with Gasteiger partial charge >= 0.3 is 0 Å². The first kappa shape index (κ1) is 17.5. The van der Waals surface area contributed by atoms with Crippen LogP contribution in [-0.4, -0.2) is 51.4 Å². The molecule has 0 aliphatic rings. The highest BCUT2D eigenvalue weighted by Gasteiger charge is 2.09. The molecule has 0 heterocycles. The Morgan fingerprint density at radius 3 is 2.62 bits per heavy atom. The third kappa shape index (κ3) is 6.59. The first-order valence-electron chi connectivity index (χ1n) is 6.70. The van der Waals surface area contributed by atoms with Crippen LogP contribution in [0.1, 0.15) is 12.0 Å². The largest absolute Gasteiger partial charge is 0.398 e. The molecule has 0 fully saturated rings. The van der Waals surface area contributed by atoms with E-state index in [-0.39, 0.29) is 11.7 Å². The van der Waals surface area contributed by atoms with Crippen molar-refractivity contribution >= 4 is 27.1 Å². The van der Waals surface area contributed by atoms with Crippen molar-refractivity contribution in [3.63, 3.8) is 0 Å². The van der Waals surface area contributed by atoms with Crippen LogP contribution >= 0.6 is 0 Å². The Hall–Kier alpha value is -1.60. The Morgan fingerprint density at radius 2 is 2.00 bits per heavy atom. The van der Waals surface area contributed by atoms with E-state index in [0.29, 0.717) is 30.9 Å². The van der Waals surface area contributed by atoms with Gasteiger partial charge < -0.3 is 16.0 Å². The molecular weight excluding hydrogens is 290 g/mol. The van der Waals surface area contributed by atoms with Gasteiger partial charge in [-0.1, -0.05) is 6.07 Å². The van der Waals surface area contributed by atoms with Crippen LogP contribution in [0.5, 0.6) is 0 Å². The van der Waals surface area contributed by atoms with E-state index in [9.17, 15) is 13.2 Å². The van der Waals surface area contributed by atoms with Crippen molar-refractivity contribution in [1.29, 1.82) is 0 Å². The lowest BCUT2D eigenvalue weighted by Crippen LogP contribution is -2.28. The molecule has 118 valence electrons. The highest BCUT2D eigenvalue weighted by Crippen LogP contribution is 2.20. The van der Waals surface area contributed by atoms with E-state index < -0.39 is 9.84 Å². The minimum atomic E-state index is -2.97. The number of carbonyl (C=O) groups is 1. The van der Waals surface area contributed by atoms with Crippen molar-refractivity contribution in [3.05, 3.63) is 23.8 Å². The lowest BCUT2D eigenvalue weighted by atomic mass is 10.1. The first-order valence-corrected chi connectivity index (χ1v) is 8.76. The predicted octanol–water partition coefficient (Wildman–Crippen LogP) is 0.882. The summed E-state index contributed by atoms with van der Waals surface area (Å²) in [6.45, 7) is 2.77. The molecule has 0 atom stereocenters. The van der Waals surface area contributed by atoms with Gasteiger partial charge in [-0.15, -0.1) is 0 Å². The number of nitrogen functional groups attached to an aromatic ring is 1. The maximum absolute atomic E-state index is 11.9. The van der Waals surface area contributed by atoms with Crippen LogP contribution in [0.3, 0.4) is 0 Å². The summed E-state index contributed by atoms with van der Waals surface area (Å²) in [7, 11) is -1.18. The van der Waals surface area contributed by atoms with E-state index in [2.05, 4.69) is 5.32 Å². The topological polar surface area (TPSA) is 92.5 Å². The summed E-state index contributed by atoms with van der Waals surface area (Å²) in [5.41, 5.74) is 7.97. The Bertz CT molecular complexity index is 599. The van der Waals surface area contributed by atoms with Gasteiger partial charge in [-0.05, 0) is 31.7 Å². The zero-order valence-electron chi connectivity index (χ0n) is 12.7. The van der Waals surface area contributed by atoms with Gasteiger partial charge in [0.2, 0.25) is 5.91 Å². The summed E-state index contributed by atoms with van der Waals surface area (Å²) >= 11 is 0. The second kappa shape index (κ2) is 7.42. The molecule has 21 heavy (non-hydrogen) atoms. The van der Waals surface area contributed by atoms with Crippen LogP contribution in [0.4, 0.5) is 11.4 Å². The summed E-state index contributed by atoms with van der Waals surface area (Å²) in [6.07, 6.45) is 1.50. The van der Waals surface area contributed by atoms with Crippen molar-refractivity contribution in [2.75, 3.05) is 43.2 Å². The molecule has 0 unspecified atom stereocenters. The van der Waals surface area contributed by atoms with Crippen molar-refractivity contribution in [2.45, 2.75) is 13.3 Å². The molecule has 1 aromatic carbocycles. The molecule has 0 bridgehead atoms. The Kier molecular flexibility index (Phi) is 6.17. The fraction of sp³-hybridized carbons (Fsp3) is 0.500. The summed E-state index contributed by atoms with van der Waals surface area (Å²) < 4.78 is 22.1. The number of carbonyl (C=O) groups excluding carboxylic acids is 1. The second-order valence-corrected chi connectivity index (χ2v) is 7.51. The number of nitrogens with zero attached hydrogens (tertiary/aromatic N) is 1. The molecule has 1 aromatic rings. The summed E-state index contributed by atoms with van der Waals surface area (Å²) in [5.74, 6) is -0.0192. The van der Waals surface area contributed by atoms with E-state index >= 15 is 0 Å². The van der Waals surface area contributed by atoms with Gasteiger partial charge in [-0.2, -0.15) is 0 Å². The molecule has 0 aliphatic carbocycles. The second-order valence-electron chi connectivity index (χ2n) is 5.25. The molecular formula is C14H23N3O3S. The van der Waals surface area contributed by atoms with Crippen LogP contribution in [-0.2, 0) is 14.6 Å². The fourth-order valence-corrected chi connectivity index (χ4v) is 2.37. The number of nitrogens with two attached hydrogens (primary N) is 1. The number of rotatable bonds is 7. The number of sulfone groups is 1. The average Bonchev–Trinajstić information content (AvgIpc) is 2.38. The van der Waals surface area contributed by atoms with Gasteiger partial charge in [0.15, 0.2) is 0 Å². The van der Waals surface area contributed by atoms with Gasteiger partial charge in [0, 0.05) is 37.1 Å². The average molecular weight is 313 g/mol. The molecule has 0 aromatic heterocycles. The summed E-state index contributed by atoms with van der Waals surface area (Å²) in [5, 5.41) is 2.81. The quantitative estimate of drug-likeness (QED) is 0.729. The summed E-state index contributed by atoms with van der Waals surface area (Å²) in [4.78, 5) is 13.7. The number of amides is 1. The molecule has 7 heteroatoms. The molecule has 0 aliphatic heterocycles. The van der Waals surface area contributed by atoms with E-state index in [1.807, 2.05) is 11.8 Å². The van der Waals surface area contributed by atoms with E-state index in [4.69, 9.17) is 5.73 Å². The van der Waals surface area contributed by atoms with Gasteiger partial charge in [0.1, 0.15) is 9.84 Å². The van der Waals surface area contributed by atoms with E-state index in [1.54, 1.807) is 25.2 Å². The van der Waals surface area contributed by atoms with Gasteiger partial charge in [-0.25, -0.2) is 8.42 Å². The highest BCUT2D eigenvalue weighted by atomic mass is 32.2. The van der Waals surface area contributed by atoms with Gasteiger partial charge in [-0.3, -0.25) is 4.79 Å². The van der Waals surface area contributed by atoms with Crippen LogP contribution in [0, 0.1) is 6.92 Å². The maximum Gasteiger partial charge on any atom is 0.225 e. The number of benzene rings is 1. The molecule has 0 saturated carbocycles. The Balaban J connectivity index is 2.42. The van der Waals surface area contributed by atoms with Crippen LogP contribution in [0.15, 0.2) is 18.2 Å². The number of anilines is 2. The molecule has 1 rings (SSSR count). The summed E-state index contributed by atoms with van der Waals surface area (Å²) in [6, 6.07) is 5.37. The minimum Gasteiger partial charge on any atom is -0.398 e. The third-order valence-electron chi connectivity index (χ3n) is 3.21. The van der Waals surface area contributed by atoms with Crippen molar-refractivity contribution in [1.82, 2.24) is 4.90 Å². The van der Waals surface area contributed by atoms with Crippen molar-refractivity contribution in [3.8, 4) is 0 Å². The molecule has 0 spiro atoms. The number of nitrogens with one attached hydrogen (secondary N) is 1. The van der Waals surface area contributed by atoms with Crippen molar-refractivity contribution < 1.29 is 13.2 Å². The lowest BCUT2D eigenvalue weighted by Gasteiger charge is -2.16. The number of hydrogen-bond acceptors (Lipinski definition) is 5. The van der Waals surface area contributed by atoms with Crippen LogP contribution in [0.25, 0.3) is 0 Å². The Morgan fingerprint density at radius 1 is 1.33 bits per heavy atom. The normalized spacial score (nSPS) is 11.6. The van der Waals surface area contributed by atoms with E-state index in [0.717, 1.165) is 5.56 Å². The zero-order chi connectivity index (χ0) is 16.0. The van der Waals surface area contributed by atoms with E-state index in [1.165, 1.54) is 6.26 Å². The van der Waals surface area contributed by atoms with Crippen LogP contribution < -0.4 is 11.1 Å². The minimum absolute atomic E-state index is 0.0967. The zero-order valence-corrected chi connectivity index (χ0v) is 13.5.